The van der Waals surface area contributed by atoms with Crippen molar-refractivity contribution in [3.05, 3.63) is 65.0 Å². The van der Waals surface area contributed by atoms with Crippen molar-refractivity contribution in [2.75, 3.05) is 13.2 Å². The predicted octanol–water partition coefficient (Wildman–Crippen LogP) is 4.01. The van der Waals surface area contributed by atoms with Crippen LogP contribution in [0.3, 0.4) is 0 Å². The number of hydrogen-bond donors (Lipinski definition) is 1. The van der Waals surface area contributed by atoms with Crippen molar-refractivity contribution in [2.45, 2.75) is 47.2 Å². The van der Waals surface area contributed by atoms with E-state index in [4.69, 9.17) is 4.74 Å². The fraction of sp³-hybridized carbons (Fsp3) is 0.417. The molecular formula is C24H31FN2O3. The van der Waals surface area contributed by atoms with Gasteiger partial charge in [-0.25, -0.2) is 4.39 Å². The molecule has 2 rings (SSSR count). The molecule has 0 spiro atoms. The van der Waals surface area contributed by atoms with Crippen molar-refractivity contribution in [1.82, 2.24) is 10.2 Å². The van der Waals surface area contributed by atoms with E-state index in [1.807, 2.05) is 45.9 Å². The number of halogens is 1. The van der Waals surface area contributed by atoms with Crippen molar-refractivity contribution in [3.63, 3.8) is 0 Å². The molecule has 0 fully saturated rings. The van der Waals surface area contributed by atoms with E-state index in [2.05, 4.69) is 5.32 Å². The maximum absolute atomic E-state index is 13.3. The number of hydrogen-bond acceptors (Lipinski definition) is 3. The van der Waals surface area contributed by atoms with Crippen LogP contribution in [-0.2, 0) is 16.1 Å². The fourth-order valence-corrected chi connectivity index (χ4v) is 2.92. The zero-order valence-corrected chi connectivity index (χ0v) is 18.4. The molecule has 0 aliphatic carbocycles. The van der Waals surface area contributed by atoms with Crippen LogP contribution in [0.25, 0.3) is 0 Å². The van der Waals surface area contributed by atoms with E-state index in [-0.39, 0.29) is 30.8 Å². The van der Waals surface area contributed by atoms with Gasteiger partial charge in [-0.1, -0.05) is 38.1 Å². The lowest BCUT2D eigenvalue weighted by Crippen LogP contribution is -2.49. The van der Waals surface area contributed by atoms with Gasteiger partial charge in [0.15, 0.2) is 6.61 Å². The Hall–Kier alpha value is -2.89. The second-order valence-electron chi connectivity index (χ2n) is 7.95. The molecule has 0 aliphatic rings. The summed E-state index contributed by atoms with van der Waals surface area (Å²) in [4.78, 5) is 27.1. The maximum atomic E-state index is 13.3. The van der Waals surface area contributed by atoms with E-state index in [9.17, 15) is 14.0 Å². The molecule has 30 heavy (non-hydrogen) atoms. The van der Waals surface area contributed by atoms with Crippen LogP contribution in [0.4, 0.5) is 4.39 Å². The summed E-state index contributed by atoms with van der Waals surface area (Å²) in [5.41, 5.74) is 2.78. The first-order valence-corrected chi connectivity index (χ1v) is 10.2. The third kappa shape index (κ3) is 6.58. The van der Waals surface area contributed by atoms with Crippen molar-refractivity contribution >= 4 is 11.8 Å². The summed E-state index contributed by atoms with van der Waals surface area (Å²) in [6.07, 6.45) is 0. The number of amides is 2. The highest BCUT2D eigenvalue weighted by Gasteiger charge is 2.26. The van der Waals surface area contributed by atoms with Crippen molar-refractivity contribution < 1.29 is 18.7 Å². The second-order valence-corrected chi connectivity index (χ2v) is 7.95. The minimum atomic E-state index is -0.691. The van der Waals surface area contributed by atoms with Gasteiger partial charge in [0, 0.05) is 13.1 Å². The molecule has 0 saturated carbocycles. The van der Waals surface area contributed by atoms with Crippen molar-refractivity contribution in [1.29, 1.82) is 0 Å². The number of carbonyl (C=O) groups excluding carboxylic acids is 2. The van der Waals surface area contributed by atoms with Crippen LogP contribution in [0, 0.1) is 25.6 Å². The average Bonchev–Trinajstić information content (AvgIpc) is 2.71. The number of carbonyl (C=O) groups is 2. The Morgan fingerprint density at radius 3 is 2.37 bits per heavy atom. The minimum absolute atomic E-state index is 0.186. The number of rotatable bonds is 9. The molecule has 5 nitrogen and oxygen atoms in total. The molecule has 162 valence electrons. The van der Waals surface area contributed by atoms with E-state index in [0.717, 1.165) is 16.7 Å². The van der Waals surface area contributed by atoms with Crippen molar-refractivity contribution in [2.24, 2.45) is 5.92 Å². The molecule has 2 amide bonds. The lowest BCUT2D eigenvalue weighted by molar-refractivity contribution is -0.142. The molecule has 0 aromatic heterocycles. The standard InChI is InChI=1S/C24H31FN2O3/c1-16(2)13-26-24(29)19(5)27(14-20-9-11-21(25)12-10-20)23(28)15-30-22-8-6-7-17(3)18(22)4/h6-12,16,19H,13-15H2,1-5H3,(H,26,29)/t19-/m1/s1. The maximum Gasteiger partial charge on any atom is 0.261 e. The monoisotopic (exact) mass is 414 g/mol. The first-order chi connectivity index (χ1) is 14.2. The first kappa shape index (κ1) is 23.4. The predicted molar refractivity (Wildman–Crippen MR) is 116 cm³/mol. The summed E-state index contributed by atoms with van der Waals surface area (Å²) in [6.45, 7) is 10.1. The van der Waals surface area contributed by atoms with Gasteiger partial charge < -0.3 is 15.0 Å². The van der Waals surface area contributed by atoms with Crippen LogP contribution in [-0.4, -0.2) is 35.9 Å². The molecular weight excluding hydrogens is 383 g/mol. The number of ether oxygens (including phenoxy) is 1. The molecule has 1 N–H and O–H groups in total. The third-order valence-corrected chi connectivity index (χ3v) is 5.02. The van der Waals surface area contributed by atoms with E-state index >= 15 is 0 Å². The average molecular weight is 415 g/mol. The number of aryl methyl sites for hydroxylation is 1. The van der Waals surface area contributed by atoms with Crippen LogP contribution in [0.5, 0.6) is 5.75 Å². The van der Waals surface area contributed by atoms with Gasteiger partial charge in [0.05, 0.1) is 0 Å². The smallest absolute Gasteiger partial charge is 0.261 e. The van der Waals surface area contributed by atoms with Crippen LogP contribution >= 0.6 is 0 Å². The Balaban J connectivity index is 2.15. The van der Waals surface area contributed by atoms with E-state index in [1.54, 1.807) is 19.1 Å². The Labute approximate surface area is 178 Å². The van der Waals surface area contributed by atoms with E-state index < -0.39 is 6.04 Å². The summed E-state index contributed by atoms with van der Waals surface area (Å²) in [6, 6.07) is 10.9. The lowest BCUT2D eigenvalue weighted by atomic mass is 10.1. The van der Waals surface area contributed by atoms with Gasteiger partial charge in [-0.3, -0.25) is 9.59 Å². The van der Waals surface area contributed by atoms with Crippen LogP contribution in [0.15, 0.2) is 42.5 Å². The first-order valence-electron chi connectivity index (χ1n) is 10.2. The quantitative estimate of drug-likeness (QED) is 0.674. The Morgan fingerprint density at radius 1 is 1.07 bits per heavy atom. The van der Waals surface area contributed by atoms with E-state index in [1.165, 1.54) is 17.0 Å². The molecule has 0 heterocycles. The Bertz CT molecular complexity index is 865. The molecule has 0 saturated heterocycles. The highest BCUT2D eigenvalue weighted by Crippen LogP contribution is 2.21. The largest absolute Gasteiger partial charge is 0.483 e. The van der Waals surface area contributed by atoms with Gasteiger partial charge in [0.2, 0.25) is 5.91 Å². The summed E-state index contributed by atoms with van der Waals surface area (Å²) in [5, 5.41) is 2.87. The summed E-state index contributed by atoms with van der Waals surface area (Å²) >= 11 is 0. The van der Waals surface area contributed by atoms with Gasteiger partial charge in [-0.15, -0.1) is 0 Å². The molecule has 0 aliphatic heterocycles. The van der Waals surface area contributed by atoms with Crippen LogP contribution in [0.1, 0.15) is 37.5 Å². The van der Waals surface area contributed by atoms with Gasteiger partial charge in [0.1, 0.15) is 17.6 Å². The molecule has 0 bridgehead atoms. The normalized spacial score (nSPS) is 11.8. The Morgan fingerprint density at radius 2 is 1.73 bits per heavy atom. The Kier molecular flexibility index (Phi) is 8.39. The highest BCUT2D eigenvalue weighted by atomic mass is 19.1. The SMILES string of the molecule is Cc1cccc(OCC(=O)N(Cc2ccc(F)cc2)[C@H](C)C(=O)NCC(C)C)c1C. The zero-order chi connectivity index (χ0) is 22.3. The zero-order valence-electron chi connectivity index (χ0n) is 18.4. The minimum Gasteiger partial charge on any atom is -0.483 e. The lowest BCUT2D eigenvalue weighted by Gasteiger charge is -2.29. The molecule has 1 atom stereocenters. The molecule has 2 aromatic carbocycles. The summed E-state index contributed by atoms with van der Waals surface area (Å²) in [5.74, 6) is 0.0490. The molecule has 0 unspecified atom stereocenters. The van der Waals surface area contributed by atoms with Gasteiger partial charge in [0.25, 0.3) is 5.91 Å². The number of nitrogens with zero attached hydrogens (tertiary/aromatic N) is 1. The molecule has 6 heteroatoms. The van der Waals surface area contributed by atoms with Gasteiger partial charge >= 0.3 is 0 Å². The van der Waals surface area contributed by atoms with Crippen LogP contribution < -0.4 is 10.1 Å². The van der Waals surface area contributed by atoms with Crippen LogP contribution in [0.2, 0.25) is 0 Å². The van der Waals surface area contributed by atoms with Crippen molar-refractivity contribution in [3.8, 4) is 5.75 Å². The number of nitrogens with one attached hydrogen (secondary N) is 1. The highest BCUT2D eigenvalue weighted by molar-refractivity contribution is 5.88. The topological polar surface area (TPSA) is 58.6 Å². The fourth-order valence-electron chi connectivity index (χ4n) is 2.92. The second kappa shape index (κ2) is 10.8. The van der Waals surface area contributed by atoms with Gasteiger partial charge in [-0.2, -0.15) is 0 Å². The summed E-state index contributed by atoms with van der Waals surface area (Å²) in [7, 11) is 0. The molecule has 0 radical (unpaired) electrons. The van der Waals surface area contributed by atoms with E-state index in [0.29, 0.717) is 18.2 Å². The summed E-state index contributed by atoms with van der Waals surface area (Å²) < 4.78 is 19.0. The number of benzene rings is 2. The third-order valence-electron chi connectivity index (χ3n) is 5.02. The molecule has 2 aromatic rings. The van der Waals surface area contributed by atoms with Gasteiger partial charge in [-0.05, 0) is 61.6 Å².